The van der Waals surface area contributed by atoms with Gasteiger partial charge in [-0.2, -0.15) is 0 Å². The lowest BCUT2D eigenvalue weighted by Gasteiger charge is -2.10. The van der Waals surface area contributed by atoms with Gasteiger partial charge in [0.1, 0.15) is 6.17 Å². The highest BCUT2D eigenvalue weighted by Gasteiger charge is 2.02. The second-order valence-electron chi connectivity index (χ2n) is 2.27. The van der Waals surface area contributed by atoms with Crippen molar-refractivity contribution >= 4 is 0 Å². The van der Waals surface area contributed by atoms with Crippen molar-refractivity contribution in [3.63, 3.8) is 0 Å². The molecule has 50 valence electrons. The maximum Gasteiger partial charge on any atom is 0.112 e. The Bertz CT molecular complexity index is 54.5. The summed E-state index contributed by atoms with van der Waals surface area (Å²) >= 11 is 0. The number of nitrogens with zero attached hydrogens (tertiary/aromatic N) is 1. The standard InChI is InChI=1S/C6H14FN/c1-4-6(7)5-8(2)3/h6H,4-5H2,1-3H3. The van der Waals surface area contributed by atoms with E-state index in [1.807, 2.05) is 25.9 Å². The average Bonchev–Trinajstić information content (AvgIpc) is 1.65. The fourth-order valence-corrected chi connectivity index (χ4v) is 0.525. The molecule has 2 heteroatoms. The van der Waals surface area contributed by atoms with Crippen LogP contribution in [0.5, 0.6) is 0 Å². The van der Waals surface area contributed by atoms with Crippen molar-refractivity contribution < 1.29 is 4.39 Å². The van der Waals surface area contributed by atoms with E-state index >= 15 is 0 Å². The second-order valence-corrected chi connectivity index (χ2v) is 2.27. The average molecular weight is 119 g/mol. The van der Waals surface area contributed by atoms with E-state index in [-0.39, 0.29) is 0 Å². The van der Waals surface area contributed by atoms with Gasteiger partial charge in [0, 0.05) is 6.54 Å². The second kappa shape index (κ2) is 3.84. The lowest BCUT2D eigenvalue weighted by molar-refractivity contribution is 0.241. The molecule has 0 bridgehead atoms. The monoisotopic (exact) mass is 119 g/mol. The molecule has 1 atom stereocenters. The Balaban J connectivity index is 3.10. The molecule has 0 aliphatic heterocycles. The Labute approximate surface area is 50.5 Å². The molecule has 1 nitrogen and oxygen atoms in total. The van der Waals surface area contributed by atoms with Gasteiger partial charge in [-0.3, -0.25) is 0 Å². The molecule has 0 saturated heterocycles. The molecule has 0 aromatic heterocycles. The summed E-state index contributed by atoms with van der Waals surface area (Å²) in [6.45, 7) is 2.41. The van der Waals surface area contributed by atoms with Gasteiger partial charge in [0.15, 0.2) is 0 Å². The summed E-state index contributed by atoms with van der Waals surface area (Å²) in [7, 11) is 3.75. The quantitative estimate of drug-likeness (QED) is 0.541. The molecule has 0 aromatic carbocycles. The first-order chi connectivity index (χ1) is 3.66. The predicted octanol–water partition coefficient (Wildman–Crippen LogP) is 1.30. The van der Waals surface area contributed by atoms with E-state index in [0.717, 1.165) is 0 Å². The highest BCUT2D eigenvalue weighted by molar-refractivity contribution is 4.54. The summed E-state index contributed by atoms with van der Waals surface area (Å²) < 4.78 is 12.3. The van der Waals surface area contributed by atoms with Crippen molar-refractivity contribution in [3.05, 3.63) is 0 Å². The van der Waals surface area contributed by atoms with Crippen LogP contribution in [0.15, 0.2) is 0 Å². The summed E-state index contributed by atoms with van der Waals surface area (Å²) in [6, 6.07) is 0. The van der Waals surface area contributed by atoms with Crippen LogP contribution < -0.4 is 0 Å². The predicted molar refractivity (Wildman–Crippen MR) is 33.7 cm³/mol. The number of hydrogen-bond donors (Lipinski definition) is 0. The Hall–Kier alpha value is -0.110. The molecule has 8 heavy (non-hydrogen) atoms. The Kier molecular flexibility index (Phi) is 3.79. The summed E-state index contributed by atoms with van der Waals surface area (Å²) in [5.41, 5.74) is 0. The molecule has 0 aliphatic rings. The van der Waals surface area contributed by atoms with Gasteiger partial charge < -0.3 is 4.90 Å². The van der Waals surface area contributed by atoms with Gasteiger partial charge in [0.25, 0.3) is 0 Å². The van der Waals surface area contributed by atoms with Gasteiger partial charge in [0.2, 0.25) is 0 Å². The van der Waals surface area contributed by atoms with Crippen LogP contribution in [-0.2, 0) is 0 Å². The third kappa shape index (κ3) is 4.06. The smallest absolute Gasteiger partial charge is 0.112 e. The van der Waals surface area contributed by atoms with Gasteiger partial charge in [-0.05, 0) is 20.5 Å². The first-order valence-corrected chi connectivity index (χ1v) is 2.95. The lowest BCUT2D eigenvalue weighted by atomic mass is 10.3. The summed E-state index contributed by atoms with van der Waals surface area (Å²) in [5, 5.41) is 0. The van der Waals surface area contributed by atoms with E-state index in [4.69, 9.17) is 0 Å². The zero-order valence-corrected chi connectivity index (χ0v) is 5.82. The first-order valence-electron chi connectivity index (χ1n) is 2.95. The minimum absolute atomic E-state index is 0.552. The minimum atomic E-state index is -0.648. The van der Waals surface area contributed by atoms with Crippen LogP contribution >= 0.6 is 0 Å². The number of halogens is 1. The normalized spacial score (nSPS) is 14.6. The van der Waals surface area contributed by atoms with E-state index in [0.29, 0.717) is 13.0 Å². The summed E-state index contributed by atoms with van der Waals surface area (Å²) in [6.07, 6.45) is -0.0250. The van der Waals surface area contributed by atoms with E-state index in [1.165, 1.54) is 0 Å². The third-order valence-corrected chi connectivity index (χ3v) is 1.01. The highest BCUT2D eigenvalue weighted by Crippen LogP contribution is 1.96. The minimum Gasteiger partial charge on any atom is -0.307 e. The van der Waals surface area contributed by atoms with Crippen molar-refractivity contribution in [2.45, 2.75) is 19.5 Å². The first kappa shape index (κ1) is 7.89. The van der Waals surface area contributed by atoms with Gasteiger partial charge in [-0.1, -0.05) is 6.92 Å². The van der Waals surface area contributed by atoms with Gasteiger partial charge in [0.05, 0.1) is 0 Å². The van der Waals surface area contributed by atoms with Crippen molar-refractivity contribution in [1.29, 1.82) is 0 Å². The van der Waals surface area contributed by atoms with Crippen LogP contribution in [0.2, 0.25) is 0 Å². The lowest BCUT2D eigenvalue weighted by Crippen LogP contribution is -2.21. The molecule has 0 amide bonds. The van der Waals surface area contributed by atoms with Crippen LogP contribution in [-0.4, -0.2) is 31.7 Å². The number of alkyl halides is 1. The van der Waals surface area contributed by atoms with E-state index in [9.17, 15) is 4.39 Å². The van der Waals surface area contributed by atoms with Crippen molar-refractivity contribution in [1.82, 2.24) is 4.90 Å². The molecule has 0 heterocycles. The third-order valence-electron chi connectivity index (χ3n) is 1.01. The fraction of sp³-hybridized carbons (Fsp3) is 1.00. The van der Waals surface area contributed by atoms with Crippen LogP contribution in [0.3, 0.4) is 0 Å². The van der Waals surface area contributed by atoms with Gasteiger partial charge in [-0.15, -0.1) is 0 Å². The van der Waals surface area contributed by atoms with Crippen molar-refractivity contribution in [2.75, 3.05) is 20.6 Å². The molecule has 0 aromatic rings. The fourth-order valence-electron chi connectivity index (χ4n) is 0.525. The van der Waals surface area contributed by atoms with Gasteiger partial charge >= 0.3 is 0 Å². The van der Waals surface area contributed by atoms with E-state index in [2.05, 4.69) is 0 Å². The Morgan fingerprint density at radius 1 is 1.50 bits per heavy atom. The molecule has 0 fully saturated rings. The van der Waals surface area contributed by atoms with E-state index in [1.54, 1.807) is 0 Å². The zero-order chi connectivity index (χ0) is 6.57. The van der Waals surface area contributed by atoms with E-state index < -0.39 is 6.17 Å². The van der Waals surface area contributed by atoms with Crippen LogP contribution in [0.4, 0.5) is 4.39 Å². The Morgan fingerprint density at radius 2 is 2.00 bits per heavy atom. The largest absolute Gasteiger partial charge is 0.307 e. The number of rotatable bonds is 3. The summed E-state index contributed by atoms with van der Waals surface area (Å²) in [5.74, 6) is 0. The molecule has 1 unspecified atom stereocenters. The molecule has 0 spiro atoms. The highest BCUT2D eigenvalue weighted by atomic mass is 19.1. The van der Waals surface area contributed by atoms with Gasteiger partial charge in [-0.25, -0.2) is 4.39 Å². The van der Waals surface area contributed by atoms with Crippen LogP contribution in [0.1, 0.15) is 13.3 Å². The Morgan fingerprint density at radius 3 is 2.12 bits per heavy atom. The number of hydrogen-bond acceptors (Lipinski definition) is 1. The maximum absolute atomic E-state index is 12.3. The summed E-state index contributed by atoms with van der Waals surface area (Å²) in [4.78, 5) is 1.86. The molecule has 0 aliphatic carbocycles. The molecular weight excluding hydrogens is 105 g/mol. The van der Waals surface area contributed by atoms with Crippen LogP contribution in [0.25, 0.3) is 0 Å². The van der Waals surface area contributed by atoms with Crippen molar-refractivity contribution in [3.8, 4) is 0 Å². The SMILES string of the molecule is CCC(F)CN(C)C. The molecular formula is C6H14FN. The topological polar surface area (TPSA) is 3.24 Å². The molecule has 0 radical (unpaired) electrons. The molecule has 0 saturated carbocycles. The molecule has 0 N–H and O–H groups in total. The zero-order valence-electron chi connectivity index (χ0n) is 5.82. The van der Waals surface area contributed by atoms with Crippen molar-refractivity contribution in [2.24, 2.45) is 0 Å². The molecule has 0 rings (SSSR count). The maximum atomic E-state index is 12.3. The van der Waals surface area contributed by atoms with Crippen LogP contribution in [0, 0.1) is 0 Å².